The second kappa shape index (κ2) is 6.09. The zero-order valence-corrected chi connectivity index (χ0v) is 13.0. The van der Waals surface area contributed by atoms with E-state index in [1.54, 1.807) is 30.3 Å². The molecule has 0 unspecified atom stereocenters. The molecule has 2 aromatic carbocycles. The van der Waals surface area contributed by atoms with E-state index in [2.05, 4.69) is 4.98 Å². The van der Waals surface area contributed by atoms with Gasteiger partial charge in [-0.2, -0.15) is 13.2 Å². The number of nitrogens with two attached hydrogens (primary N) is 1. The van der Waals surface area contributed by atoms with Crippen LogP contribution in [0.25, 0.3) is 21.7 Å². The second-order valence-electron chi connectivity index (χ2n) is 5.03. The molecule has 0 atom stereocenters. The summed E-state index contributed by atoms with van der Waals surface area (Å²) in [5.41, 5.74) is 5.76. The van der Waals surface area contributed by atoms with Crippen LogP contribution in [0.15, 0.2) is 53.9 Å². The topological polar surface area (TPSA) is 56.0 Å². The molecule has 0 aliphatic rings. The zero-order chi connectivity index (χ0) is 17.3. The molecule has 3 nitrogen and oxygen atoms in total. The number of nitrogens with zero attached hydrogens (tertiary/aromatic N) is 1. The van der Waals surface area contributed by atoms with E-state index in [1.807, 2.05) is 0 Å². The van der Waals surface area contributed by atoms with Crippen LogP contribution in [-0.2, 0) is 6.18 Å². The highest BCUT2D eigenvalue weighted by atomic mass is 32.1. The fraction of sp³-hybridized carbons (Fsp3) is 0.0588. The Morgan fingerprint density at radius 1 is 1.04 bits per heavy atom. The Balaban J connectivity index is 2.07. The van der Waals surface area contributed by atoms with Gasteiger partial charge >= 0.3 is 6.18 Å². The van der Waals surface area contributed by atoms with Crippen molar-refractivity contribution in [3.63, 3.8) is 0 Å². The lowest BCUT2D eigenvalue weighted by Crippen LogP contribution is -2.10. The minimum atomic E-state index is -4.44. The molecule has 1 aromatic heterocycles. The number of hydrogen-bond acceptors (Lipinski definition) is 3. The largest absolute Gasteiger partial charge is 0.417 e. The minimum Gasteiger partial charge on any atom is -0.364 e. The van der Waals surface area contributed by atoms with Crippen molar-refractivity contribution in [2.75, 3.05) is 0 Å². The summed E-state index contributed by atoms with van der Waals surface area (Å²) in [7, 11) is 0. The number of halogens is 3. The molecule has 122 valence electrons. The van der Waals surface area contributed by atoms with E-state index >= 15 is 0 Å². The Bertz CT molecular complexity index is 903. The van der Waals surface area contributed by atoms with Crippen LogP contribution in [0, 0.1) is 0 Å². The smallest absolute Gasteiger partial charge is 0.364 e. The summed E-state index contributed by atoms with van der Waals surface area (Å²) in [6.07, 6.45) is -4.44. The first kappa shape index (κ1) is 16.2. The molecule has 2 N–H and O–H groups in total. The molecule has 0 radical (unpaired) electrons. The zero-order valence-electron chi connectivity index (χ0n) is 12.2. The first-order valence-electron chi connectivity index (χ1n) is 6.88. The molecular weight excluding hydrogens is 337 g/mol. The highest BCUT2D eigenvalue weighted by Crippen LogP contribution is 2.38. The van der Waals surface area contributed by atoms with Crippen molar-refractivity contribution in [3.05, 3.63) is 65.2 Å². The van der Waals surface area contributed by atoms with E-state index in [-0.39, 0.29) is 11.3 Å². The number of aromatic nitrogens is 1. The van der Waals surface area contributed by atoms with Gasteiger partial charge < -0.3 is 5.73 Å². The molecule has 24 heavy (non-hydrogen) atoms. The quantitative estimate of drug-likeness (QED) is 0.752. The third-order valence-electron chi connectivity index (χ3n) is 3.41. The van der Waals surface area contributed by atoms with Gasteiger partial charge in [0.15, 0.2) is 0 Å². The summed E-state index contributed by atoms with van der Waals surface area (Å²) in [6.45, 7) is 0. The number of rotatable bonds is 3. The van der Waals surface area contributed by atoms with Crippen molar-refractivity contribution >= 4 is 17.2 Å². The summed E-state index contributed by atoms with van der Waals surface area (Å²) in [6, 6.07) is 12.0. The first-order valence-corrected chi connectivity index (χ1v) is 7.76. The van der Waals surface area contributed by atoms with Crippen LogP contribution in [0.5, 0.6) is 0 Å². The van der Waals surface area contributed by atoms with Gasteiger partial charge in [-0.1, -0.05) is 36.4 Å². The predicted octanol–water partition coefficient (Wildman–Crippen LogP) is 4.59. The number of amides is 1. The molecule has 3 aromatic rings. The maximum atomic E-state index is 13.2. The van der Waals surface area contributed by atoms with Crippen LogP contribution in [-0.4, -0.2) is 10.9 Å². The van der Waals surface area contributed by atoms with E-state index in [0.29, 0.717) is 16.1 Å². The van der Waals surface area contributed by atoms with Gasteiger partial charge in [0.05, 0.1) is 5.56 Å². The van der Waals surface area contributed by atoms with Crippen molar-refractivity contribution in [2.24, 2.45) is 5.73 Å². The van der Waals surface area contributed by atoms with Crippen LogP contribution in [0.1, 0.15) is 16.1 Å². The summed E-state index contributed by atoms with van der Waals surface area (Å²) in [5, 5.41) is 2.05. The predicted molar refractivity (Wildman–Crippen MR) is 86.5 cm³/mol. The van der Waals surface area contributed by atoms with Gasteiger partial charge in [0.25, 0.3) is 5.91 Å². The third-order valence-corrected chi connectivity index (χ3v) is 4.30. The van der Waals surface area contributed by atoms with Crippen molar-refractivity contribution in [2.45, 2.75) is 6.18 Å². The fourth-order valence-electron chi connectivity index (χ4n) is 2.32. The molecular formula is C17H11F3N2OS. The molecule has 0 bridgehead atoms. The number of thiazole rings is 1. The van der Waals surface area contributed by atoms with Gasteiger partial charge in [-0.25, -0.2) is 4.98 Å². The number of carbonyl (C=O) groups excluding carboxylic acids is 1. The van der Waals surface area contributed by atoms with Crippen LogP contribution in [0.3, 0.4) is 0 Å². The normalized spacial score (nSPS) is 11.5. The van der Waals surface area contributed by atoms with Gasteiger partial charge in [0.1, 0.15) is 10.7 Å². The average Bonchev–Trinajstić information content (AvgIpc) is 3.04. The highest BCUT2D eigenvalue weighted by Gasteiger charge is 2.33. The molecule has 0 spiro atoms. The van der Waals surface area contributed by atoms with Gasteiger partial charge in [-0.05, 0) is 23.3 Å². The van der Waals surface area contributed by atoms with Crippen molar-refractivity contribution < 1.29 is 18.0 Å². The molecule has 0 aliphatic heterocycles. The number of carbonyl (C=O) groups is 1. The summed E-state index contributed by atoms with van der Waals surface area (Å²) >= 11 is 1.21. The lowest BCUT2D eigenvalue weighted by molar-refractivity contribution is -0.137. The molecule has 7 heteroatoms. The van der Waals surface area contributed by atoms with Gasteiger partial charge in [-0.3, -0.25) is 4.79 Å². The van der Waals surface area contributed by atoms with Crippen molar-refractivity contribution in [1.29, 1.82) is 0 Å². The summed E-state index contributed by atoms with van der Waals surface area (Å²) < 4.78 is 39.6. The van der Waals surface area contributed by atoms with Gasteiger partial charge in [-0.15, -0.1) is 11.3 Å². The average molecular weight is 348 g/mol. The Morgan fingerprint density at radius 2 is 1.75 bits per heavy atom. The number of benzene rings is 2. The van der Waals surface area contributed by atoms with Crippen LogP contribution >= 0.6 is 11.3 Å². The molecule has 0 aliphatic carbocycles. The SMILES string of the molecule is NC(=O)c1csc(-c2cccc(-c3ccccc3C(F)(F)F)c2)n1. The van der Waals surface area contributed by atoms with E-state index in [1.165, 1.54) is 28.8 Å². The maximum absolute atomic E-state index is 13.2. The highest BCUT2D eigenvalue weighted by molar-refractivity contribution is 7.13. The first-order chi connectivity index (χ1) is 11.4. The van der Waals surface area contributed by atoms with Gasteiger partial charge in [0, 0.05) is 10.9 Å². The molecule has 0 fully saturated rings. The van der Waals surface area contributed by atoms with Crippen LogP contribution < -0.4 is 5.73 Å². The van der Waals surface area contributed by atoms with E-state index in [4.69, 9.17) is 5.73 Å². The van der Waals surface area contributed by atoms with E-state index in [9.17, 15) is 18.0 Å². The molecule has 0 saturated heterocycles. The van der Waals surface area contributed by atoms with Gasteiger partial charge in [0.2, 0.25) is 0 Å². The Labute approximate surface area is 139 Å². The molecule has 1 amide bonds. The molecule has 0 saturated carbocycles. The molecule has 3 rings (SSSR count). The number of primary amides is 1. The third kappa shape index (κ3) is 3.16. The van der Waals surface area contributed by atoms with Crippen molar-refractivity contribution in [3.8, 4) is 21.7 Å². The second-order valence-corrected chi connectivity index (χ2v) is 5.88. The maximum Gasteiger partial charge on any atom is 0.417 e. The monoisotopic (exact) mass is 348 g/mol. The Kier molecular flexibility index (Phi) is 4.11. The lowest BCUT2D eigenvalue weighted by atomic mass is 9.98. The number of hydrogen-bond donors (Lipinski definition) is 1. The van der Waals surface area contributed by atoms with Crippen LogP contribution in [0.4, 0.5) is 13.2 Å². The van der Waals surface area contributed by atoms with E-state index < -0.39 is 17.6 Å². The summed E-state index contributed by atoms with van der Waals surface area (Å²) in [4.78, 5) is 15.2. The Morgan fingerprint density at radius 3 is 2.42 bits per heavy atom. The fourth-order valence-corrected chi connectivity index (χ4v) is 3.13. The summed E-state index contributed by atoms with van der Waals surface area (Å²) in [5.74, 6) is -0.643. The number of alkyl halides is 3. The minimum absolute atomic E-state index is 0.0959. The molecule has 1 heterocycles. The van der Waals surface area contributed by atoms with Crippen LogP contribution in [0.2, 0.25) is 0 Å². The van der Waals surface area contributed by atoms with Crippen molar-refractivity contribution in [1.82, 2.24) is 4.98 Å². The Hall–Kier alpha value is -2.67. The lowest BCUT2D eigenvalue weighted by Gasteiger charge is -2.13. The standard InChI is InChI=1S/C17H11F3N2OS/c18-17(19,20)13-7-2-1-6-12(13)10-4-3-5-11(8-10)16-22-14(9-24-16)15(21)23/h1-9H,(H2,21,23). The van der Waals surface area contributed by atoms with E-state index in [0.717, 1.165) is 6.07 Å².